The largest absolute Gasteiger partial charge is 0.505 e. The first-order valence-corrected chi connectivity index (χ1v) is 6.91. The molecule has 1 unspecified atom stereocenters. The number of β-lactam (4-membered cyclic amide) rings is 1. The van der Waals surface area contributed by atoms with E-state index in [4.69, 9.17) is 5.11 Å². The summed E-state index contributed by atoms with van der Waals surface area (Å²) in [6.07, 6.45) is 0.579. The van der Waals surface area contributed by atoms with Crippen molar-refractivity contribution in [2.24, 2.45) is 11.8 Å². The Balaban J connectivity index is 2.12. The zero-order valence-electron chi connectivity index (χ0n) is 11.9. The maximum absolute atomic E-state index is 12.4. The van der Waals surface area contributed by atoms with Gasteiger partial charge in [0.2, 0.25) is 5.91 Å². The topological polar surface area (TPSA) is 92.7 Å². The summed E-state index contributed by atoms with van der Waals surface area (Å²) in [7, 11) is 0. The summed E-state index contributed by atoms with van der Waals surface area (Å²) in [6, 6.07) is 8.00. The lowest BCUT2D eigenvalue weighted by atomic mass is 9.75. The summed E-state index contributed by atoms with van der Waals surface area (Å²) in [5, 5.41) is 11.2. The van der Waals surface area contributed by atoms with Crippen molar-refractivity contribution in [1.82, 2.24) is 5.32 Å². The molecule has 1 amide bonds. The van der Waals surface area contributed by atoms with Crippen LogP contribution in [0.15, 0.2) is 43.0 Å². The minimum Gasteiger partial charge on any atom is -0.450 e. The number of amides is 1. The van der Waals surface area contributed by atoms with Crippen molar-refractivity contribution >= 4 is 17.8 Å². The number of rotatable bonds is 7. The Morgan fingerprint density at radius 1 is 1.36 bits per heavy atom. The van der Waals surface area contributed by atoms with Gasteiger partial charge >= 0.3 is 6.16 Å². The highest BCUT2D eigenvalue weighted by atomic mass is 16.7. The van der Waals surface area contributed by atoms with Gasteiger partial charge in [-0.1, -0.05) is 36.4 Å². The molecule has 1 aliphatic heterocycles. The van der Waals surface area contributed by atoms with E-state index in [1.165, 1.54) is 0 Å². The number of carboxylic acid groups (broad SMARTS) is 1. The van der Waals surface area contributed by atoms with Crippen LogP contribution in [0.5, 0.6) is 0 Å². The van der Waals surface area contributed by atoms with Crippen molar-refractivity contribution in [2.75, 3.05) is 6.61 Å². The number of hydrogen-bond donors (Lipinski definition) is 2. The number of carbonyl (C=O) groups is 3. The van der Waals surface area contributed by atoms with Gasteiger partial charge in [0.25, 0.3) is 0 Å². The van der Waals surface area contributed by atoms with E-state index >= 15 is 0 Å². The first-order chi connectivity index (χ1) is 10.5. The van der Waals surface area contributed by atoms with Crippen LogP contribution in [0.4, 0.5) is 4.79 Å². The predicted molar refractivity (Wildman–Crippen MR) is 78.5 cm³/mol. The molecule has 2 N–H and O–H groups in total. The fraction of sp³-hybridized carbons (Fsp3) is 0.312. The minimum atomic E-state index is -1.40. The Morgan fingerprint density at radius 2 is 2.05 bits per heavy atom. The maximum Gasteiger partial charge on any atom is 0.505 e. The number of nitrogens with one attached hydrogen (secondary N) is 1. The number of benzene rings is 1. The summed E-state index contributed by atoms with van der Waals surface area (Å²) in [6.45, 7) is 3.46. The quantitative estimate of drug-likeness (QED) is 0.347. The van der Waals surface area contributed by atoms with Gasteiger partial charge in [-0.25, -0.2) is 4.79 Å². The highest BCUT2D eigenvalue weighted by molar-refractivity contribution is 6.08. The smallest absolute Gasteiger partial charge is 0.450 e. The monoisotopic (exact) mass is 303 g/mol. The average molecular weight is 303 g/mol. The molecule has 6 heteroatoms. The lowest BCUT2D eigenvalue weighted by molar-refractivity contribution is -0.137. The van der Waals surface area contributed by atoms with E-state index in [-0.39, 0.29) is 18.3 Å². The summed E-state index contributed by atoms with van der Waals surface area (Å²) in [5.41, 5.74) is 0.508. The second-order valence-electron chi connectivity index (χ2n) is 5.10. The van der Waals surface area contributed by atoms with Gasteiger partial charge in [-0.05, 0) is 6.42 Å². The zero-order chi connectivity index (χ0) is 16.1. The highest BCUT2D eigenvalue weighted by Gasteiger charge is 2.48. The van der Waals surface area contributed by atoms with Crippen LogP contribution >= 0.6 is 0 Å². The molecule has 1 heterocycles. The molecule has 0 spiro atoms. The van der Waals surface area contributed by atoms with Crippen LogP contribution < -0.4 is 5.32 Å². The Bertz CT molecular complexity index is 583. The Kier molecular flexibility index (Phi) is 4.93. The molecule has 6 nitrogen and oxygen atoms in total. The number of ether oxygens (including phenoxy) is 1. The fourth-order valence-corrected chi connectivity index (χ4v) is 2.60. The first kappa shape index (κ1) is 15.8. The Hall–Kier alpha value is -2.63. The van der Waals surface area contributed by atoms with Crippen LogP contribution in [-0.4, -0.2) is 35.6 Å². The Labute approximate surface area is 127 Å². The summed E-state index contributed by atoms with van der Waals surface area (Å²) >= 11 is 0. The average Bonchev–Trinajstić information content (AvgIpc) is 2.50. The van der Waals surface area contributed by atoms with Crippen molar-refractivity contribution in [1.29, 1.82) is 0 Å². The van der Waals surface area contributed by atoms with Gasteiger partial charge in [0.1, 0.15) is 6.04 Å². The standard InChI is InChI=1S/C16H17NO5/c1-2-6-11(9-22-16(20)21)12-13(17-15(12)19)14(18)10-7-4-3-5-8-10/h2-5,7-8,11-13H,1,6,9H2,(H,17,19)(H,20,21)/t11?,12-,13-/m1/s1. The molecule has 0 bridgehead atoms. The molecule has 0 saturated carbocycles. The van der Waals surface area contributed by atoms with Crippen LogP contribution in [0, 0.1) is 11.8 Å². The number of Topliss-reactive ketones (excluding diaryl/α,β-unsaturated/α-hetero) is 1. The molecule has 116 valence electrons. The molecular weight excluding hydrogens is 286 g/mol. The fourth-order valence-electron chi connectivity index (χ4n) is 2.60. The zero-order valence-corrected chi connectivity index (χ0v) is 11.9. The maximum atomic E-state index is 12.4. The second-order valence-corrected chi connectivity index (χ2v) is 5.10. The molecule has 1 aromatic rings. The molecule has 0 aromatic heterocycles. The van der Waals surface area contributed by atoms with Gasteiger partial charge in [0, 0.05) is 11.5 Å². The molecular formula is C16H17NO5. The third-order valence-corrected chi connectivity index (χ3v) is 3.70. The molecule has 22 heavy (non-hydrogen) atoms. The van der Waals surface area contributed by atoms with Crippen LogP contribution in [0.2, 0.25) is 0 Å². The molecule has 1 saturated heterocycles. The summed E-state index contributed by atoms with van der Waals surface area (Å²) < 4.78 is 4.57. The van der Waals surface area contributed by atoms with Crippen LogP contribution in [0.1, 0.15) is 16.8 Å². The van der Waals surface area contributed by atoms with Crippen molar-refractivity contribution in [3.63, 3.8) is 0 Å². The molecule has 1 aliphatic rings. The Morgan fingerprint density at radius 3 is 2.59 bits per heavy atom. The van der Waals surface area contributed by atoms with E-state index in [9.17, 15) is 14.4 Å². The molecule has 2 rings (SSSR count). The number of hydrogen-bond acceptors (Lipinski definition) is 4. The van der Waals surface area contributed by atoms with Crippen LogP contribution in [0.3, 0.4) is 0 Å². The summed E-state index contributed by atoms with van der Waals surface area (Å²) in [5.74, 6) is -1.46. The van der Waals surface area contributed by atoms with E-state index < -0.39 is 24.0 Å². The van der Waals surface area contributed by atoms with Gasteiger partial charge in [0.05, 0.1) is 12.5 Å². The molecule has 0 aliphatic carbocycles. The van der Waals surface area contributed by atoms with Crippen molar-refractivity contribution in [3.8, 4) is 0 Å². The molecule has 1 aromatic carbocycles. The minimum absolute atomic E-state index is 0.141. The summed E-state index contributed by atoms with van der Waals surface area (Å²) in [4.78, 5) is 34.8. The van der Waals surface area contributed by atoms with Crippen LogP contribution in [0.25, 0.3) is 0 Å². The first-order valence-electron chi connectivity index (χ1n) is 6.91. The van der Waals surface area contributed by atoms with Crippen LogP contribution in [-0.2, 0) is 9.53 Å². The lowest BCUT2D eigenvalue weighted by Gasteiger charge is -2.40. The number of allylic oxidation sites excluding steroid dienone is 1. The number of carbonyl (C=O) groups excluding carboxylic acids is 2. The van der Waals surface area contributed by atoms with Crippen molar-refractivity contribution in [3.05, 3.63) is 48.6 Å². The van der Waals surface area contributed by atoms with Gasteiger partial charge in [-0.3, -0.25) is 9.59 Å². The van der Waals surface area contributed by atoms with E-state index in [0.29, 0.717) is 12.0 Å². The van der Waals surface area contributed by atoms with Gasteiger partial charge in [-0.15, -0.1) is 6.58 Å². The third-order valence-electron chi connectivity index (χ3n) is 3.70. The molecule has 3 atom stereocenters. The van der Waals surface area contributed by atoms with E-state index in [0.717, 1.165) is 0 Å². The van der Waals surface area contributed by atoms with Gasteiger partial charge in [-0.2, -0.15) is 0 Å². The SMILES string of the molecule is C=CCC(COC(=O)O)[C@H]1C(=O)N[C@H]1C(=O)c1ccccc1. The lowest BCUT2D eigenvalue weighted by Crippen LogP contribution is -2.64. The number of ketones is 1. The van der Waals surface area contributed by atoms with E-state index in [1.54, 1.807) is 36.4 Å². The van der Waals surface area contributed by atoms with Crippen molar-refractivity contribution < 1.29 is 24.2 Å². The normalized spacial score (nSPS) is 21.2. The molecule has 1 fully saturated rings. The highest BCUT2D eigenvalue weighted by Crippen LogP contribution is 2.29. The predicted octanol–water partition coefficient (Wildman–Crippen LogP) is 1.87. The van der Waals surface area contributed by atoms with Gasteiger partial charge < -0.3 is 15.2 Å². The van der Waals surface area contributed by atoms with E-state index in [2.05, 4.69) is 16.6 Å². The van der Waals surface area contributed by atoms with E-state index in [1.807, 2.05) is 0 Å². The van der Waals surface area contributed by atoms with Crippen molar-refractivity contribution in [2.45, 2.75) is 12.5 Å². The van der Waals surface area contributed by atoms with Gasteiger partial charge in [0.15, 0.2) is 5.78 Å². The molecule has 0 radical (unpaired) electrons. The second kappa shape index (κ2) is 6.89. The third kappa shape index (κ3) is 3.33.